The van der Waals surface area contributed by atoms with Gasteiger partial charge in [0.2, 0.25) is 0 Å². The average molecular weight is 260 g/mol. The predicted molar refractivity (Wildman–Crippen MR) is 54.0 cm³/mol. The second-order valence-corrected chi connectivity index (χ2v) is 3.26. The summed E-state index contributed by atoms with van der Waals surface area (Å²) >= 11 is 3.07. The van der Waals surface area contributed by atoms with Gasteiger partial charge in [0.05, 0.1) is 10.6 Å². The van der Waals surface area contributed by atoms with E-state index < -0.39 is 11.0 Å². The first-order chi connectivity index (χ1) is 6.50. The monoisotopic (exact) mass is 259 g/mol. The fourth-order valence-corrected chi connectivity index (χ4v) is 1.32. The van der Waals surface area contributed by atoms with Crippen molar-refractivity contribution in [1.29, 1.82) is 0 Å². The van der Waals surface area contributed by atoms with E-state index in [9.17, 15) is 14.9 Å². The zero-order valence-electron chi connectivity index (χ0n) is 6.86. The minimum absolute atomic E-state index is 0.0631. The number of carbonyl (C=O) groups excluding carboxylic acids is 1. The number of nitro groups is 1. The van der Waals surface area contributed by atoms with Gasteiger partial charge in [0, 0.05) is 16.6 Å². The quantitative estimate of drug-likeness (QED) is 0.626. The number of primary amides is 1. The molecule has 1 aromatic carbocycles. The van der Waals surface area contributed by atoms with E-state index in [2.05, 4.69) is 21.2 Å². The Bertz CT molecular complexity index is 394. The van der Waals surface area contributed by atoms with Gasteiger partial charge in [0.1, 0.15) is 0 Å². The maximum Gasteiger partial charge on any atom is 0.316 e. The Hall–Kier alpha value is -1.63. The fourth-order valence-electron chi connectivity index (χ4n) is 0.852. The van der Waals surface area contributed by atoms with Crippen LogP contribution in [0.25, 0.3) is 0 Å². The largest absolute Gasteiger partial charge is 0.351 e. The summed E-state index contributed by atoms with van der Waals surface area (Å²) in [5.74, 6) is 0. The third-order valence-electron chi connectivity index (χ3n) is 1.42. The van der Waals surface area contributed by atoms with E-state index in [0.717, 1.165) is 0 Å². The minimum atomic E-state index is -0.723. The Kier molecular flexibility index (Phi) is 3.03. The standard InChI is InChI=1S/C7H6BrN3O3/c8-5-3-4(11(13)14)1-2-6(5)10-7(9)12/h1-3H,(H3,9,10,12). The van der Waals surface area contributed by atoms with Crippen LogP contribution < -0.4 is 11.1 Å². The van der Waals surface area contributed by atoms with Gasteiger partial charge in [-0.15, -0.1) is 0 Å². The third-order valence-corrected chi connectivity index (χ3v) is 2.08. The van der Waals surface area contributed by atoms with Crippen LogP contribution in [0.4, 0.5) is 16.2 Å². The molecular formula is C7H6BrN3O3. The number of nitrogens with two attached hydrogens (primary N) is 1. The van der Waals surface area contributed by atoms with E-state index in [1.807, 2.05) is 0 Å². The highest BCUT2D eigenvalue weighted by atomic mass is 79.9. The van der Waals surface area contributed by atoms with Crippen molar-refractivity contribution in [3.63, 3.8) is 0 Å². The van der Waals surface area contributed by atoms with Crippen LogP contribution in [0.5, 0.6) is 0 Å². The molecule has 0 aliphatic rings. The Morgan fingerprint density at radius 1 is 1.57 bits per heavy atom. The van der Waals surface area contributed by atoms with Crippen LogP contribution in [0.15, 0.2) is 22.7 Å². The number of urea groups is 1. The van der Waals surface area contributed by atoms with Crippen molar-refractivity contribution < 1.29 is 9.72 Å². The third kappa shape index (κ3) is 2.43. The number of rotatable bonds is 2. The number of halogens is 1. The number of nitro benzene ring substituents is 1. The summed E-state index contributed by atoms with van der Waals surface area (Å²) in [6, 6.07) is 3.23. The summed E-state index contributed by atoms with van der Waals surface area (Å²) in [4.78, 5) is 20.3. The van der Waals surface area contributed by atoms with E-state index in [0.29, 0.717) is 10.2 Å². The molecule has 1 aromatic rings. The topological polar surface area (TPSA) is 98.3 Å². The summed E-state index contributed by atoms with van der Waals surface area (Å²) < 4.78 is 0.408. The Morgan fingerprint density at radius 3 is 2.64 bits per heavy atom. The number of anilines is 1. The normalized spacial score (nSPS) is 9.50. The fraction of sp³-hybridized carbons (Fsp3) is 0. The summed E-state index contributed by atoms with van der Waals surface area (Å²) in [6.45, 7) is 0. The maximum atomic E-state index is 10.5. The van der Waals surface area contributed by atoms with E-state index in [-0.39, 0.29) is 5.69 Å². The lowest BCUT2D eigenvalue weighted by atomic mass is 10.3. The van der Waals surface area contributed by atoms with Crippen LogP contribution in [-0.2, 0) is 0 Å². The molecule has 0 spiro atoms. The number of non-ortho nitro benzene ring substituents is 1. The van der Waals surface area contributed by atoms with Crippen molar-refractivity contribution in [2.45, 2.75) is 0 Å². The van der Waals surface area contributed by atoms with Crippen LogP contribution in [0.3, 0.4) is 0 Å². The minimum Gasteiger partial charge on any atom is -0.351 e. The van der Waals surface area contributed by atoms with Gasteiger partial charge in [-0.1, -0.05) is 0 Å². The van der Waals surface area contributed by atoms with Gasteiger partial charge in [-0.05, 0) is 22.0 Å². The van der Waals surface area contributed by atoms with Gasteiger partial charge in [-0.2, -0.15) is 0 Å². The first kappa shape index (κ1) is 10.5. The lowest BCUT2D eigenvalue weighted by Gasteiger charge is -2.03. The molecule has 0 unspecified atom stereocenters. The Morgan fingerprint density at radius 2 is 2.21 bits per heavy atom. The SMILES string of the molecule is NC(=O)Nc1ccc([N+](=O)[O-])cc1Br. The van der Waals surface area contributed by atoms with Crippen molar-refractivity contribution in [1.82, 2.24) is 0 Å². The number of hydrogen-bond acceptors (Lipinski definition) is 3. The summed E-state index contributed by atoms with van der Waals surface area (Å²) in [5, 5.41) is 12.7. The van der Waals surface area contributed by atoms with Crippen molar-refractivity contribution >= 4 is 33.3 Å². The molecule has 74 valence electrons. The van der Waals surface area contributed by atoms with Crippen LogP contribution in [0, 0.1) is 10.1 Å². The Labute approximate surface area is 87.4 Å². The molecule has 0 aliphatic heterocycles. The van der Waals surface area contributed by atoms with E-state index in [4.69, 9.17) is 5.73 Å². The summed E-state index contributed by atoms with van der Waals surface area (Å²) in [5.41, 5.74) is 5.22. The van der Waals surface area contributed by atoms with Gasteiger partial charge >= 0.3 is 6.03 Å². The molecule has 1 rings (SSSR count). The highest BCUT2D eigenvalue weighted by molar-refractivity contribution is 9.10. The molecule has 0 atom stereocenters. The van der Waals surface area contributed by atoms with E-state index >= 15 is 0 Å². The van der Waals surface area contributed by atoms with Crippen LogP contribution >= 0.6 is 15.9 Å². The molecule has 0 heterocycles. The molecule has 0 aromatic heterocycles. The highest BCUT2D eigenvalue weighted by Crippen LogP contribution is 2.26. The summed E-state index contributed by atoms with van der Waals surface area (Å²) in [7, 11) is 0. The van der Waals surface area contributed by atoms with Crippen LogP contribution in [0.2, 0.25) is 0 Å². The van der Waals surface area contributed by atoms with Crippen molar-refractivity contribution in [3.8, 4) is 0 Å². The molecule has 0 saturated carbocycles. The van der Waals surface area contributed by atoms with Crippen molar-refractivity contribution in [3.05, 3.63) is 32.8 Å². The molecule has 2 amide bonds. The van der Waals surface area contributed by atoms with Gasteiger partial charge in [-0.25, -0.2) is 4.79 Å². The molecule has 0 saturated heterocycles. The van der Waals surface area contributed by atoms with E-state index in [1.165, 1.54) is 18.2 Å². The molecular weight excluding hydrogens is 254 g/mol. The van der Waals surface area contributed by atoms with Crippen molar-refractivity contribution in [2.24, 2.45) is 5.73 Å². The second kappa shape index (κ2) is 4.05. The zero-order chi connectivity index (χ0) is 10.7. The lowest BCUT2D eigenvalue weighted by Crippen LogP contribution is -2.19. The molecule has 0 radical (unpaired) electrons. The number of nitrogens with zero attached hydrogens (tertiary/aromatic N) is 1. The van der Waals surface area contributed by atoms with Crippen LogP contribution in [0.1, 0.15) is 0 Å². The van der Waals surface area contributed by atoms with Gasteiger partial charge < -0.3 is 11.1 Å². The Balaban J connectivity index is 3.01. The smallest absolute Gasteiger partial charge is 0.316 e. The average Bonchev–Trinajstić information content (AvgIpc) is 2.07. The second-order valence-electron chi connectivity index (χ2n) is 2.41. The molecule has 0 aliphatic carbocycles. The van der Waals surface area contributed by atoms with Gasteiger partial charge in [-0.3, -0.25) is 10.1 Å². The zero-order valence-corrected chi connectivity index (χ0v) is 8.45. The molecule has 7 heteroatoms. The predicted octanol–water partition coefficient (Wildman–Crippen LogP) is 1.85. The number of hydrogen-bond donors (Lipinski definition) is 2. The maximum absolute atomic E-state index is 10.5. The number of nitrogens with one attached hydrogen (secondary N) is 1. The van der Waals surface area contributed by atoms with Gasteiger partial charge in [0.25, 0.3) is 5.69 Å². The molecule has 3 N–H and O–H groups in total. The first-order valence-corrected chi connectivity index (χ1v) is 4.30. The van der Waals surface area contributed by atoms with Crippen LogP contribution in [-0.4, -0.2) is 11.0 Å². The van der Waals surface area contributed by atoms with Gasteiger partial charge in [0.15, 0.2) is 0 Å². The number of amides is 2. The first-order valence-electron chi connectivity index (χ1n) is 3.51. The summed E-state index contributed by atoms with van der Waals surface area (Å²) in [6.07, 6.45) is 0. The number of benzene rings is 1. The molecule has 6 nitrogen and oxygen atoms in total. The highest BCUT2D eigenvalue weighted by Gasteiger charge is 2.09. The molecule has 14 heavy (non-hydrogen) atoms. The van der Waals surface area contributed by atoms with E-state index in [1.54, 1.807) is 0 Å². The number of carbonyl (C=O) groups is 1. The molecule has 0 bridgehead atoms. The van der Waals surface area contributed by atoms with Crippen molar-refractivity contribution in [2.75, 3.05) is 5.32 Å². The molecule has 0 fully saturated rings. The lowest BCUT2D eigenvalue weighted by molar-refractivity contribution is -0.384.